The van der Waals surface area contributed by atoms with Crippen molar-refractivity contribution in [1.29, 1.82) is 0 Å². The summed E-state index contributed by atoms with van der Waals surface area (Å²) in [5, 5.41) is 2.91. The molecular weight excluding hydrogens is 270 g/mol. The maximum Gasteiger partial charge on any atom is 0.278 e. The van der Waals surface area contributed by atoms with Crippen LogP contribution < -0.4 is 0 Å². The van der Waals surface area contributed by atoms with Crippen molar-refractivity contribution in [3.63, 3.8) is 0 Å². The van der Waals surface area contributed by atoms with Gasteiger partial charge in [-0.25, -0.2) is 4.99 Å². The average molecular weight is 283 g/mol. The Morgan fingerprint density at radius 1 is 1.25 bits per heavy atom. The highest BCUT2D eigenvalue weighted by atomic mass is 32.2. The van der Waals surface area contributed by atoms with Crippen LogP contribution in [0.3, 0.4) is 0 Å². The van der Waals surface area contributed by atoms with E-state index in [0.29, 0.717) is 5.70 Å². The number of fused-ring (bicyclic) bond motifs is 1. The molecule has 2 heterocycles. The van der Waals surface area contributed by atoms with E-state index in [1.54, 1.807) is 18.1 Å². The number of thioether (sulfide) groups is 1. The molecule has 1 amide bonds. The van der Waals surface area contributed by atoms with Crippen LogP contribution in [-0.2, 0) is 4.79 Å². The van der Waals surface area contributed by atoms with E-state index in [-0.39, 0.29) is 5.91 Å². The number of rotatable bonds is 1. The maximum absolute atomic E-state index is 12.1. The zero-order valence-electron chi connectivity index (χ0n) is 11.2. The van der Waals surface area contributed by atoms with Crippen molar-refractivity contribution in [2.75, 3.05) is 13.3 Å². The highest BCUT2D eigenvalue weighted by Gasteiger charge is 2.25. The fourth-order valence-corrected chi connectivity index (χ4v) is 2.66. The monoisotopic (exact) mass is 283 g/mol. The van der Waals surface area contributed by atoms with Gasteiger partial charge in [-0.15, -0.1) is 0 Å². The lowest BCUT2D eigenvalue weighted by molar-refractivity contribution is -0.121. The van der Waals surface area contributed by atoms with Crippen molar-refractivity contribution in [2.45, 2.75) is 0 Å². The topological polar surface area (TPSA) is 45.6 Å². The first kappa shape index (κ1) is 12.9. The Kier molecular flexibility index (Phi) is 3.28. The van der Waals surface area contributed by atoms with E-state index < -0.39 is 0 Å². The number of aliphatic imine (C=N–C) groups is 1. The Morgan fingerprint density at radius 3 is 2.85 bits per heavy atom. The van der Waals surface area contributed by atoms with E-state index in [1.165, 1.54) is 11.8 Å². The Balaban J connectivity index is 2.02. The molecule has 4 nitrogen and oxygen atoms in total. The summed E-state index contributed by atoms with van der Waals surface area (Å²) >= 11 is 1.47. The third-order valence-corrected chi connectivity index (χ3v) is 3.91. The van der Waals surface area contributed by atoms with Crippen LogP contribution >= 0.6 is 11.8 Å². The van der Waals surface area contributed by atoms with Crippen LogP contribution in [0.5, 0.6) is 0 Å². The fraction of sp³-hybridized carbons (Fsp3) is 0.133. The molecule has 1 aromatic carbocycles. The van der Waals surface area contributed by atoms with Gasteiger partial charge in [-0.05, 0) is 35.4 Å². The first-order chi connectivity index (χ1) is 9.69. The van der Waals surface area contributed by atoms with Crippen LogP contribution in [0.1, 0.15) is 5.56 Å². The minimum atomic E-state index is -0.0656. The lowest BCUT2D eigenvalue weighted by Crippen LogP contribution is -2.25. The van der Waals surface area contributed by atoms with Crippen molar-refractivity contribution in [2.24, 2.45) is 4.99 Å². The number of hydrogen-bond acceptors (Lipinski definition) is 4. The SMILES string of the molecule is CSC1=N/C(=C\c2ccc3cnccc3c2)C(=O)N1C. The summed E-state index contributed by atoms with van der Waals surface area (Å²) in [6, 6.07) is 7.95. The molecule has 0 atom stereocenters. The first-order valence-corrected chi connectivity index (χ1v) is 7.38. The molecule has 100 valence electrons. The third-order valence-electron chi connectivity index (χ3n) is 3.18. The second kappa shape index (κ2) is 5.09. The summed E-state index contributed by atoms with van der Waals surface area (Å²) < 4.78 is 0. The van der Waals surface area contributed by atoms with Gasteiger partial charge < -0.3 is 0 Å². The summed E-state index contributed by atoms with van der Waals surface area (Å²) in [7, 11) is 1.74. The average Bonchev–Trinajstić information content (AvgIpc) is 2.75. The van der Waals surface area contributed by atoms with Gasteiger partial charge in [0.2, 0.25) is 0 Å². The van der Waals surface area contributed by atoms with Crippen molar-refractivity contribution in [1.82, 2.24) is 9.88 Å². The largest absolute Gasteiger partial charge is 0.289 e. The fourth-order valence-electron chi connectivity index (χ4n) is 2.11. The number of carbonyl (C=O) groups excluding carboxylic acids is 1. The zero-order valence-corrected chi connectivity index (χ0v) is 12.0. The van der Waals surface area contributed by atoms with Crippen LogP contribution in [0.15, 0.2) is 47.3 Å². The molecule has 1 aromatic heterocycles. The van der Waals surface area contributed by atoms with Gasteiger partial charge in [0.05, 0.1) is 0 Å². The smallest absolute Gasteiger partial charge is 0.278 e. The number of amidine groups is 1. The predicted octanol–water partition coefficient (Wildman–Crippen LogP) is 2.77. The summed E-state index contributed by atoms with van der Waals surface area (Å²) in [4.78, 5) is 22.1. The summed E-state index contributed by atoms with van der Waals surface area (Å²) in [6.07, 6.45) is 7.32. The molecule has 20 heavy (non-hydrogen) atoms. The lowest BCUT2D eigenvalue weighted by atomic mass is 10.1. The summed E-state index contributed by atoms with van der Waals surface area (Å²) in [5.41, 5.74) is 1.44. The number of aromatic nitrogens is 1. The number of amides is 1. The third kappa shape index (κ3) is 2.20. The van der Waals surface area contributed by atoms with Crippen molar-refractivity contribution < 1.29 is 4.79 Å². The number of benzene rings is 1. The van der Waals surface area contributed by atoms with Crippen LogP contribution in [-0.4, -0.2) is 34.3 Å². The highest BCUT2D eigenvalue weighted by molar-refractivity contribution is 8.13. The van der Waals surface area contributed by atoms with Crippen molar-refractivity contribution in [3.05, 3.63) is 47.9 Å². The molecular formula is C15H13N3OS. The molecule has 2 aromatic rings. The minimum absolute atomic E-state index is 0.0656. The molecule has 0 aliphatic carbocycles. The number of pyridine rings is 1. The standard InChI is InChI=1S/C15H13N3OS/c1-18-14(19)13(17-15(18)20-2)8-10-3-4-12-9-16-6-5-11(12)7-10/h3-9H,1-2H3/b13-8-. The van der Waals surface area contributed by atoms with E-state index >= 15 is 0 Å². The zero-order chi connectivity index (χ0) is 14.1. The van der Waals surface area contributed by atoms with Gasteiger partial charge in [0.1, 0.15) is 5.70 Å². The second-order valence-corrected chi connectivity index (χ2v) is 5.25. The lowest BCUT2D eigenvalue weighted by Gasteiger charge is -2.07. The number of hydrogen-bond donors (Lipinski definition) is 0. The molecule has 0 saturated carbocycles. The molecule has 0 fully saturated rings. The molecule has 1 aliphatic rings. The molecule has 0 bridgehead atoms. The molecule has 0 saturated heterocycles. The molecule has 3 rings (SSSR count). The first-order valence-electron chi connectivity index (χ1n) is 6.15. The summed E-state index contributed by atoms with van der Waals surface area (Å²) in [5.74, 6) is -0.0656. The molecule has 1 aliphatic heterocycles. The van der Waals surface area contributed by atoms with Gasteiger partial charge in [0, 0.05) is 24.8 Å². The normalized spacial score (nSPS) is 17.1. The predicted molar refractivity (Wildman–Crippen MR) is 83.4 cm³/mol. The van der Waals surface area contributed by atoms with E-state index in [4.69, 9.17) is 0 Å². The Morgan fingerprint density at radius 2 is 2.10 bits per heavy atom. The van der Waals surface area contributed by atoms with Gasteiger partial charge in [-0.1, -0.05) is 23.9 Å². The Bertz CT molecular complexity index is 752. The van der Waals surface area contributed by atoms with Crippen molar-refractivity contribution in [3.8, 4) is 0 Å². The van der Waals surface area contributed by atoms with Crippen molar-refractivity contribution >= 4 is 39.7 Å². The molecule has 0 radical (unpaired) electrons. The quantitative estimate of drug-likeness (QED) is 0.756. The van der Waals surface area contributed by atoms with Crippen LogP contribution in [0, 0.1) is 0 Å². The van der Waals surface area contributed by atoms with Gasteiger partial charge in [-0.2, -0.15) is 0 Å². The van der Waals surface area contributed by atoms with Crippen LogP contribution in [0.25, 0.3) is 16.8 Å². The molecule has 0 N–H and O–H groups in total. The van der Waals surface area contributed by atoms with Gasteiger partial charge >= 0.3 is 0 Å². The molecule has 0 unspecified atom stereocenters. The maximum atomic E-state index is 12.1. The molecule has 0 spiro atoms. The van der Waals surface area contributed by atoms with E-state index in [9.17, 15) is 4.79 Å². The van der Waals surface area contributed by atoms with E-state index in [1.807, 2.05) is 42.8 Å². The summed E-state index contributed by atoms with van der Waals surface area (Å²) in [6.45, 7) is 0. The number of nitrogens with zero attached hydrogens (tertiary/aromatic N) is 3. The van der Waals surface area contributed by atoms with Gasteiger partial charge in [0.25, 0.3) is 5.91 Å². The number of likely N-dealkylation sites (N-methyl/N-ethyl adjacent to an activating group) is 1. The van der Waals surface area contributed by atoms with E-state index in [0.717, 1.165) is 21.5 Å². The Hall–Kier alpha value is -2.14. The Labute approximate surface area is 121 Å². The van der Waals surface area contributed by atoms with Gasteiger partial charge in [0.15, 0.2) is 5.17 Å². The number of carbonyl (C=O) groups is 1. The van der Waals surface area contributed by atoms with Gasteiger partial charge in [-0.3, -0.25) is 14.7 Å². The van der Waals surface area contributed by atoms with Crippen LogP contribution in [0.4, 0.5) is 0 Å². The minimum Gasteiger partial charge on any atom is -0.289 e. The van der Waals surface area contributed by atoms with E-state index in [2.05, 4.69) is 9.98 Å². The second-order valence-electron chi connectivity index (χ2n) is 4.47. The highest BCUT2D eigenvalue weighted by Crippen LogP contribution is 2.22. The molecule has 5 heteroatoms. The van der Waals surface area contributed by atoms with Crippen LogP contribution in [0.2, 0.25) is 0 Å².